The van der Waals surface area contributed by atoms with E-state index in [1.54, 1.807) is 20.8 Å². The molecule has 84 valence electrons. The van der Waals surface area contributed by atoms with E-state index in [2.05, 4.69) is 0 Å². The molecule has 0 aromatic carbocycles. The molecule has 15 heavy (non-hydrogen) atoms. The molecule has 0 fully saturated rings. The highest BCUT2D eigenvalue weighted by Crippen LogP contribution is 2.21. The van der Waals surface area contributed by atoms with Crippen molar-refractivity contribution >= 4 is 5.97 Å². The summed E-state index contributed by atoms with van der Waals surface area (Å²) in [5, 5.41) is 18.5. The molecular formula is C10H15NO4. The number of ether oxygens (including phenoxy) is 1. The van der Waals surface area contributed by atoms with Crippen molar-refractivity contribution in [1.29, 1.82) is 0 Å². The van der Waals surface area contributed by atoms with Gasteiger partial charge in [-0.1, -0.05) is 0 Å². The van der Waals surface area contributed by atoms with Gasteiger partial charge in [-0.05, 0) is 20.8 Å². The Bertz CT molecular complexity index is 342. The third kappa shape index (κ3) is 3.19. The van der Waals surface area contributed by atoms with Crippen molar-refractivity contribution in [3.63, 3.8) is 0 Å². The molecule has 0 bridgehead atoms. The van der Waals surface area contributed by atoms with Crippen LogP contribution in [0.25, 0.3) is 0 Å². The Labute approximate surface area is 87.9 Å². The second-order valence-corrected chi connectivity index (χ2v) is 4.22. The zero-order valence-corrected chi connectivity index (χ0v) is 9.02. The summed E-state index contributed by atoms with van der Waals surface area (Å²) in [6, 6.07) is 2.61. The van der Waals surface area contributed by atoms with Gasteiger partial charge in [-0.3, -0.25) is 9.36 Å². The lowest BCUT2D eigenvalue weighted by molar-refractivity contribution is -0.155. The Morgan fingerprint density at radius 1 is 1.33 bits per heavy atom. The summed E-state index contributed by atoms with van der Waals surface area (Å²) < 4.78 is 6.10. The van der Waals surface area contributed by atoms with E-state index >= 15 is 0 Å². The van der Waals surface area contributed by atoms with Crippen LogP contribution in [0.5, 0.6) is 11.8 Å². The molecule has 0 spiro atoms. The second kappa shape index (κ2) is 3.84. The molecule has 0 saturated carbocycles. The molecule has 1 aromatic heterocycles. The summed E-state index contributed by atoms with van der Waals surface area (Å²) >= 11 is 0. The molecule has 0 aliphatic heterocycles. The summed E-state index contributed by atoms with van der Waals surface area (Å²) in [6.07, 6.45) is 0. The molecule has 5 heteroatoms. The van der Waals surface area contributed by atoms with Crippen LogP contribution in [0.4, 0.5) is 0 Å². The Morgan fingerprint density at radius 3 is 2.20 bits per heavy atom. The highest BCUT2D eigenvalue weighted by Gasteiger charge is 2.18. The number of aromatic hydroxyl groups is 2. The van der Waals surface area contributed by atoms with Crippen molar-refractivity contribution in [3.8, 4) is 11.8 Å². The fourth-order valence-electron chi connectivity index (χ4n) is 1.11. The van der Waals surface area contributed by atoms with Crippen LogP contribution in [-0.4, -0.2) is 26.4 Å². The van der Waals surface area contributed by atoms with Crippen LogP contribution in [0.2, 0.25) is 0 Å². The van der Waals surface area contributed by atoms with Gasteiger partial charge < -0.3 is 14.9 Å². The number of nitrogens with zero attached hydrogens (tertiary/aromatic N) is 1. The van der Waals surface area contributed by atoms with E-state index in [0.29, 0.717) is 0 Å². The normalized spacial score (nSPS) is 11.4. The number of carbonyl (C=O) groups excluding carboxylic acids is 1. The van der Waals surface area contributed by atoms with Crippen molar-refractivity contribution in [2.75, 3.05) is 0 Å². The van der Waals surface area contributed by atoms with E-state index in [0.717, 1.165) is 4.57 Å². The summed E-state index contributed by atoms with van der Waals surface area (Å²) in [5.74, 6) is -0.846. The first-order valence-electron chi connectivity index (χ1n) is 4.59. The molecule has 0 amide bonds. The van der Waals surface area contributed by atoms with Crippen molar-refractivity contribution in [2.24, 2.45) is 0 Å². The van der Waals surface area contributed by atoms with Crippen LogP contribution >= 0.6 is 0 Å². The van der Waals surface area contributed by atoms with Gasteiger partial charge in [0, 0.05) is 12.1 Å². The minimum Gasteiger partial charge on any atom is -0.494 e. The lowest BCUT2D eigenvalue weighted by atomic mass is 10.2. The van der Waals surface area contributed by atoms with Crippen LogP contribution < -0.4 is 0 Å². The summed E-state index contributed by atoms with van der Waals surface area (Å²) in [5.41, 5.74) is -0.574. The first-order valence-corrected chi connectivity index (χ1v) is 4.59. The second-order valence-electron chi connectivity index (χ2n) is 4.22. The van der Waals surface area contributed by atoms with E-state index in [1.807, 2.05) is 0 Å². The zero-order chi connectivity index (χ0) is 11.6. The SMILES string of the molecule is CC(C)(C)OC(=O)Cn1c(O)ccc1O. The lowest BCUT2D eigenvalue weighted by Crippen LogP contribution is -2.26. The zero-order valence-electron chi connectivity index (χ0n) is 9.02. The van der Waals surface area contributed by atoms with Gasteiger partial charge in [-0.15, -0.1) is 0 Å². The monoisotopic (exact) mass is 213 g/mol. The standard InChI is InChI=1S/C10H15NO4/c1-10(2,3)15-9(14)6-11-7(12)4-5-8(11)13/h4-5,12-13H,6H2,1-3H3. The van der Waals surface area contributed by atoms with Gasteiger partial charge in [-0.25, -0.2) is 0 Å². The van der Waals surface area contributed by atoms with Gasteiger partial charge in [0.2, 0.25) is 0 Å². The van der Waals surface area contributed by atoms with Crippen molar-refractivity contribution < 1.29 is 19.7 Å². The van der Waals surface area contributed by atoms with Gasteiger partial charge >= 0.3 is 5.97 Å². The molecule has 1 rings (SSSR count). The largest absolute Gasteiger partial charge is 0.494 e. The van der Waals surface area contributed by atoms with E-state index in [1.165, 1.54) is 12.1 Å². The molecule has 0 aliphatic rings. The number of hydrogen-bond acceptors (Lipinski definition) is 4. The third-order valence-corrected chi connectivity index (χ3v) is 1.64. The van der Waals surface area contributed by atoms with Gasteiger partial charge in [0.05, 0.1) is 0 Å². The molecule has 0 saturated heterocycles. The van der Waals surface area contributed by atoms with Crippen LogP contribution in [0.3, 0.4) is 0 Å². The Hall–Kier alpha value is -1.65. The highest BCUT2D eigenvalue weighted by molar-refractivity contribution is 5.70. The number of hydrogen-bond donors (Lipinski definition) is 2. The third-order valence-electron chi connectivity index (χ3n) is 1.64. The average Bonchev–Trinajstić information content (AvgIpc) is 2.32. The first-order chi connectivity index (χ1) is 6.79. The van der Waals surface area contributed by atoms with Gasteiger partial charge in [0.25, 0.3) is 0 Å². The maximum absolute atomic E-state index is 11.4. The first kappa shape index (κ1) is 11.4. The lowest BCUT2D eigenvalue weighted by Gasteiger charge is -2.19. The number of carbonyl (C=O) groups is 1. The maximum Gasteiger partial charge on any atom is 0.326 e. The summed E-state index contributed by atoms with van der Waals surface area (Å²) in [7, 11) is 0. The average molecular weight is 213 g/mol. The number of aromatic nitrogens is 1. The molecule has 0 aliphatic carbocycles. The van der Waals surface area contributed by atoms with E-state index < -0.39 is 11.6 Å². The Kier molecular flexibility index (Phi) is 2.93. The molecule has 0 atom stereocenters. The van der Waals surface area contributed by atoms with Gasteiger partial charge in [0.1, 0.15) is 12.1 Å². The van der Waals surface area contributed by atoms with Crippen molar-refractivity contribution in [3.05, 3.63) is 12.1 Å². The van der Waals surface area contributed by atoms with Crippen LogP contribution in [-0.2, 0) is 16.1 Å². The van der Waals surface area contributed by atoms with Crippen LogP contribution in [0.15, 0.2) is 12.1 Å². The fraction of sp³-hybridized carbons (Fsp3) is 0.500. The topological polar surface area (TPSA) is 71.7 Å². The molecule has 0 unspecified atom stereocenters. The molecule has 1 aromatic rings. The van der Waals surface area contributed by atoms with Crippen molar-refractivity contribution in [2.45, 2.75) is 32.9 Å². The fourth-order valence-corrected chi connectivity index (χ4v) is 1.11. The highest BCUT2D eigenvalue weighted by atomic mass is 16.6. The quantitative estimate of drug-likeness (QED) is 0.725. The summed E-state index contributed by atoms with van der Waals surface area (Å²) in [6.45, 7) is 5.04. The van der Waals surface area contributed by atoms with Gasteiger partial charge in [0.15, 0.2) is 11.8 Å². The predicted octanol–water partition coefficient (Wildman–Crippen LogP) is 1.24. The van der Waals surface area contributed by atoms with Crippen LogP contribution in [0.1, 0.15) is 20.8 Å². The van der Waals surface area contributed by atoms with Crippen LogP contribution in [0, 0.1) is 0 Å². The summed E-state index contributed by atoms with van der Waals surface area (Å²) in [4.78, 5) is 11.4. The smallest absolute Gasteiger partial charge is 0.326 e. The molecule has 1 heterocycles. The van der Waals surface area contributed by atoms with E-state index in [9.17, 15) is 15.0 Å². The molecule has 5 nitrogen and oxygen atoms in total. The van der Waals surface area contributed by atoms with E-state index in [-0.39, 0.29) is 18.3 Å². The molecule has 0 radical (unpaired) electrons. The molecular weight excluding hydrogens is 198 g/mol. The van der Waals surface area contributed by atoms with Gasteiger partial charge in [-0.2, -0.15) is 0 Å². The minimum atomic E-state index is -0.574. The molecule has 2 N–H and O–H groups in total. The van der Waals surface area contributed by atoms with E-state index in [4.69, 9.17) is 4.74 Å². The predicted molar refractivity (Wildman–Crippen MR) is 53.6 cm³/mol. The van der Waals surface area contributed by atoms with Crippen molar-refractivity contribution in [1.82, 2.24) is 4.57 Å². The maximum atomic E-state index is 11.4. The number of esters is 1. The minimum absolute atomic E-state index is 0.168. The Morgan fingerprint density at radius 2 is 1.80 bits per heavy atom. The number of rotatable bonds is 2. The Balaban J connectivity index is 2.67.